The summed E-state index contributed by atoms with van der Waals surface area (Å²) in [4.78, 5) is 0. The standard InChI is InChI=1S/C16H32OSi/c1-6-8-11-15(16(17)13-9-7-2)12-10-14-18(3,4)5/h15-17H,6-9,11-13H2,1-5H3/t15-,16+/m0/s1. The molecule has 0 unspecified atom stereocenters. The lowest BCUT2D eigenvalue weighted by molar-refractivity contribution is 0.0926. The van der Waals surface area contributed by atoms with E-state index in [9.17, 15) is 5.11 Å². The zero-order chi connectivity index (χ0) is 14.0. The summed E-state index contributed by atoms with van der Waals surface area (Å²) in [5.74, 6) is 3.73. The lowest BCUT2D eigenvalue weighted by Crippen LogP contribution is -2.21. The Morgan fingerprint density at radius 2 is 1.56 bits per heavy atom. The fourth-order valence-corrected chi connectivity index (χ4v) is 2.63. The molecule has 2 heteroatoms. The third-order valence-corrected chi connectivity index (χ3v) is 4.08. The zero-order valence-corrected chi connectivity index (χ0v) is 14.1. The van der Waals surface area contributed by atoms with Crippen LogP contribution in [0.3, 0.4) is 0 Å². The number of aliphatic hydroxyl groups excluding tert-OH is 1. The van der Waals surface area contributed by atoms with Crippen molar-refractivity contribution in [2.24, 2.45) is 5.92 Å². The van der Waals surface area contributed by atoms with Gasteiger partial charge in [0.15, 0.2) is 0 Å². The summed E-state index contributed by atoms with van der Waals surface area (Å²) in [6, 6.07) is 0. The molecule has 0 amide bonds. The number of rotatable bonds is 8. The lowest BCUT2D eigenvalue weighted by atomic mass is 9.90. The van der Waals surface area contributed by atoms with Gasteiger partial charge in [-0.2, -0.15) is 0 Å². The summed E-state index contributed by atoms with van der Waals surface area (Å²) in [7, 11) is -1.26. The smallest absolute Gasteiger partial charge is 0.129 e. The molecule has 1 nitrogen and oxygen atoms in total. The van der Waals surface area contributed by atoms with E-state index in [1.807, 2.05) is 0 Å². The van der Waals surface area contributed by atoms with E-state index >= 15 is 0 Å². The molecule has 0 aliphatic carbocycles. The molecule has 0 aromatic carbocycles. The Bertz CT molecular complexity index is 256. The van der Waals surface area contributed by atoms with Gasteiger partial charge < -0.3 is 5.11 Å². The van der Waals surface area contributed by atoms with Crippen LogP contribution in [0.25, 0.3) is 0 Å². The van der Waals surface area contributed by atoms with Gasteiger partial charge in [0.2, 0.25) is 0 Å². The summed E-state index contributed by atoms with van der Waals surface area (Å²) in [6.45, 7) is 11.2. The summed E-state index contributed by atoms with van der Waals surface area (Å²) < 4.78 is 0. The average molecular weight is 269 g/mol. The fraction of sp³-hybridized carbons (Fsp3) is 0.875. The van der Waals surface area contributed by atoms with Gasteiger partial charge in [0.05, 0.1) is 6.10 Å². The summed E-state index contributed by atoms with van der Waals surface area (Å²) in [5, 5.41) is 10.2. The van der Waals surface area contributed by atoms with Crippen molar-refractivity contribution in [1.82, 2.24) is 0 Å². The Morgan fingerprint density at radius 3 is 2.06 bits per heavy atom. The normalized spacial score (nSPS) is 14.8. The second-order valence-electron chi connectivity index (χ2n) is 6.37. The van der Waals surface area contributed by atoms with E-state index in [0.29, 0.717) is 5.92 Å². The second-order valence-corrected chi connectivity index (χ2v) is 11.1. The largest absolute Gasteiger partial charge is 0.393 e. The minimum Gasteiger partial charge on any atom is -0.393 e. The molecule has 0 aromatic rings. The predicted molar refractivity (Wildman–Crippen MR) is 84.3 cm³/mol. The van der Waals surface area contributed by atoms with Crippen molar-refractivity contribution >= 4 is 8.07 Å². The molecule has 0 aliphatic rings. The molecule has 0 heterocycles. The first-order valence-electron chi connectivity index (χ1n) is 7.58. The fourth-order valence-electron chi connectivity index (χ4n) is 1.99. The van der Waals surface area contributed by atoms with Crippen LogP contribution in [0.4, 0.5) is 0 Å². The van der Waals surface area contributed by atoms with Gasteiger partial charge in [0, 0.05) is 6.42 Å². The van der Waals surface area contributed by atoms with Crippen LogP contribution >= 0.6 is 0 Å². The molecule has 0 fully saturated rings. The number of hydrogen-bond acceptors (Lipinski definition) is 1. The molecule has 2 atom stereocenters. The second kappa shape index (κ2) is 9.64. The summed E-state index contributed by atoms with van der Waals surface area (Å²) in [5.41, 5.74) is 3.42. The molecule has 0 saturated heterocycles. The van der Waals surface area contributed by atoms with E-state index in [4.69, 9.17) is 0 Å². The molecule has 106 valence electrons. The SMILES string of the molecule is CCCC[C@@H](CC#C[Si](C)(C)C)[C@H](O)CCCC. The molecular formula is C16H32OSi. The van der Waals surface area contributed by atoms with E-state index in [1.54, 1.807) is 0 Å². The van der Waals surface area contributed by atoms with Crippen molar-refractivity contribution in [3.05, 3.63) is 0 Å². The number of aliphatic hydroxyl groups is 1. The van der Waals surface area contributed by atoms with E-state index < -0.39 is 8.07 Å². The minimum atomic E-state index is -1.26. The highest BCUT2D eigenvalue weighted by molar-refractivity contribution is 6.83. The average Bonchev–Trinajstić information content (AvgIpc) is 2.29. The van der Waals surface area contributed by atoms with Crippen molar-refractivity contribution in [3.8, 4) is 11.5 Å². The molecule has 18 heavy (non-hydrogen) atoms. The predicted octanol–water partition coefficient (Wildman–Crippen LogP) is 4.61. The Kier molecular flexibility index (Phi) is 9.50. The first-order valence-corrected chi connectivity index (χ1v) is 11.1. The van der Waals surface area contributed by atoms with E-state index in [0.717, 1.165) is 32.1 Å². The maximum Gasteiger partial charge on any atom is 0.129 e. The van der Waals surface area contributed by atoms with Crippen LogP contribution in [0.5, 0.6) is 0 Å². The van der Waals surface area contributed by atoms with Crippen molar-refractivity contribution in [2.45, 2.75) is 84.5 Å². The van der Waals surface area contributed by atoms with Gasteiger partial charge in [-0.25, -0.2) is 0 Å². The summed E-state index contributed by atoms with van der Waals surface area (Å²) in [6.07, 6.45) is 7.52. The number of unbranched alkanes of at least 4 members (excludes halogenated alkanes) is 2. The van der Waals surface area contributed by atoms with Gasteiger partial charge in [-0.1, -0.05) is 59.2 Å². The maximum absolute atomic E-state index is 10.2. The van der Waals surface area contributed by atoms with Crippen LogP contribution in [0.2, 0.25) is 19.6 Å². The number of hydrogen-bond donors (Lipinski definition) is 1. The Balaban J connectivity index is 4.32. The molecule has 0 saturated carbocycles. The van der Waals surface area contributed by atoms with E-state index in [-0.39, 0.29) is 6.10 Å². The van der Waals surface area contributed by atoms with Gasteiger partial charge in [-0.15, -0.1) is 11.5 Å². The van der Waals surface area contributed by atoms with Crippen molar-refractivity contribution in [2.75, 3.05) is 0 Å². The Labute approximate surface area is 115 Å². The third-order valence-electron chi connectivity index (χ3n) is 3.15. The minimum absolute atomic E-state index is 0.146. The molecule has 0 aromatic heterocycles. The zero-order valence-electron chi connectivity index (χ0n) is 13.1. The Morgan fingerprint density at radius 1 is 1.00 bits per heavy atom. The van der Waals surface area contributed by atoms with E-state index in [1.165, 1.54) is 12.8 Å². The molecule has 0 rings (SSSR count). The molecule has 0 radical (unpaired) electrons. The molecular weight excluding hydrogens is 236 g/mol. The lowest BCUT2D eigenvalue weighted by Gasteiger charge is -2.21. The van der Waals surface area contributed by atoms with Gasteiger partial charge in [0.1, 0.15) is 8.07 Å². The van der Waals surface area contributed by atoms with Crippen molar-refractivity contribution in [3.63, 3.8) is 0 Å². The highest BCUT2D eigenvalue weighted by atomic mass is 28.3. The van der Waals surface area contributed by atoms with Gasteiger partial charge in [-0.3, -0.25) is 0 Å². The first kappa shape index (κ1) is 17.7. The van der Waals surface area contributed by atoms with Crippen molar-refractivity contribution < 1.29 is 5.11 Å². The van der Waals surface area contributed by atoms with Crippen LogP contribution in [0.15, 0.2) is 0 Å². The maximum atomic E-state index is 10.2. The molecule has 0 bridgehead atoms. The van der Waals surface area contributed by atoms with Crippen LogP contribution in [0.1, 0.15) is 58.8 Å². The first-order chi connectivity index (χ1) is 8.40. The van der Waals surface area contributed by atoms with Gasteiger partial charge >= 0.3 is 0 Å². The van der Waals surface area contributed by atoms with Crippen LogP contribution in [0, 0.1) is 17.4 Å². The molecule has 0 spiro atoms. The third kappa shape index (κ3) is 9.73. The van der Waals surface area contributed by atoms with Gasteiger partial charge in [0.25, 0.3) is 0 Å². The van der Waals surface area contributed by atoms with E-state index in [2.05, 4.69) is 45.0 Å². The highest BCUT2D eigenvalue weighted by Gasteiger charge is 2.17. The van der Waals surface area contributed by atoms with Crippen molar-refractivity contribution in [1.29, 1.82) is 0 Å². The molecule has 1 N–H and O–H groups in total. The summed E-state index contributed by atoms with van der Waals surface area (Å²) >= 11 is 0. The van der Waals surface area contributed by atoms with Crippen LogP contribution in [-0.2, 0) is 0 Å². The quantitative estimate of drug-likeness (QED) is 0.503. The van der Waals surface area contributed by atoms with Crippen LogP contribution in [-0.4, -0.2) is 19.3 Å². The highest BCUT2D eigenvalue weighted by Crippen LogP contribution is 2.20. The van der Waals surface area contributed by atoms with Crippen LogP contribution < -0.4 is 0 Å². The molecule has 0 aliphatic heterocycles. The topological polar surface area (TPSA) is 20.2 Å². The monoisotopic (exact) mass is 268 g/mol. The van der Waals surface area contributed by atoms with Gasteiger partial charge in [-0.05, 0) is 18.8 Å². The Hall–Kier alpha value is -0.263.